The standard InChI is InChI=1S/C8H13N3O2/c9-3-1-7-10-8(11-13-7)6-2-4-12-5-6/h6H,1-5,9H2. The van der Waals surface area contributed by atoms with Gasteiger partial charge in [0.05, 0.1) is 6.61 Å². The van der Waals surface area contributed by atoms with Crippen LogP contribution >= 0.6 is 0 Å². The van der Waals surface area contributed by atoms with E-state index in [1.807, 2.05) is 0 Å². The normalized spacial score (nSPS) is 22.4. The third-order valence-corrected chi connectivity index (χ3v) is 2.14. The molecule has 1 aliphatic heterocycles. The Bertz CT molecular complexity index is 268. The second-order valence-electron chi connectivity index (χ2n) is 3.15. The molecule has 1 atom stereocenters. The minimum absolute atomic E-state index is 0.315. The molecular weight excluding hydrogens is 170 g/mol. The van der Waals surface area contributed by atoms with Crippen LogP contribution in [0.5, 0.6) is 0 Å². The first-order chi connectivity index (χ1) is 6.40. The van der Waals surface area contributed by atoms with Crippen molar-refractivity contribution in [1.29, 1.82) is 0 Å². The summed E-state index contributed by atoms with van der Waals surface area (Å²) in [6.07, 6.45) is 1.64. The van der Waals surface area contributed by atoms with Gasteiger partial charge < -0.3 is 15.0 Å². The first-order valence-electron chi connectivity index (χ1n) is 4.50. The second-order valence-corrected chi connectivity index (χ2v) is 3.15. The van der Waals surface area contributed by atoms with E-state index in [0.29, 0.717) is 31.4 Å². The van der Waals surface area contributed by atoms with Crippen LogP contribution in [-0.4, -0.2) is 29.9 Å². The van der Waals surface area contributed by atoms with Gasteiger partial charge in [0.25, 0.3) is 0 Å². The van der Waals surface area contributed by atoms with Crippen molar-refractivity contribution in [3.8, 4) is 0 Å². The van der Waals surface area contributed by atoms with Gasteiger partial charge in [-0.05, 0) is 6.42 Å². The number of hydrogen-bond acceptors (Lipinski definition) is 5. The Morgan fingerprint density at radius 3 is 3.15 bits per heavy atom. The Morgan fingerprint density at radius 2 is 2.46 bits per heavy atom. The maximum absolute atomic E-state index is 5.37. The van der Waals surface area contributed by atoms with E-state index in [9.17, 15) is 0 Å². The summed E-state index contributed by atoms with van der Waals surface area (Å²) in [6, 6.07) is 0. The van der Waals surface area contributed by atoms with Crippen molar-refractivity contribution in [2.24, 2.45) is 5.73 Å². The molecule has 2 rings (SSSR count). The molecule has 72 valence electrons. The predicted octanol–water partition coefficient (Wildman–Crippen LogP) is 0.0747. The van der Waals surface area contributed by atoms with E-state index in [2.05, 4.69) is 10.1 Å². The highest BCUT2D eigenvalue weighted by atomic mass is 16.5. The van der Waals surface area contributed by atoms with E-state index in [4.69, 9.17) is 15.0 Å². The van der Waals surface area contributed by atoms with Crippen LogP contribution in [0.25, 0.3) is 0 Å². The maximum Gasteiger partial charge on any atom is 0.227 e. The van der Waals surface area contributed by atoms with Gasteiger partial charge in [-0.2, -0.15) is 4.98 Å². The second kappa shape index (κ2) is 3.85. The van der Waals surface area contributed by atoms with Crippen LogP contribution in [0.3, 0.4) is 0 Å². The van der Waals surface area contributed by atoms with Gasteiger partial charge in [-0.25, -0.2) is 0 Å². The average Bonchev–Trinajstić information content (AvgIpc) is 2.70. The van der Waals surface area contributed by atoms with Crippen LogP contribution in [0.1, 0.15) is 24.1 Å². The minimum atomic E-state index is 0.315. The van der Waals surface area contributed by atoms with Crippen LogP contribution in [0.4, 0.5) is 0 Å². The zero-order chi connectivity index (χ0) is 9.10. The van der Waals surface area contributed by atoms with Crippen LogP contribution in [0.2, 0.25) is 0 Å². The lowest BCUT2D eigenvalue weighted by Crippen LogP contribution is -2.04. The van der Waals surface area contributed by atoms with Crippen molar-refractivity contribution in [2.45, 2.75) is 18.8 Å². The van der Waals surface area contributed by atoms with E-state index in [0.717, 1.165) is 18.9 Å². The van der Waals surface area contributed by atoms with Gasteiger partial charge >= 0.3 is 0 Å². The molecule has 1 aromatic heterocycles. The Morgan fingerprint density at radius 1 is 1.54 bits per heavy atom. The topological polar surface area (TPSA) is 74.2 Å². The summed E-state index contributed by atoms with van der Waals surface area (Å²) in [5.41, 5.74) is 5.37. The zero-order valence-electron chi connectivity index (χ0n) is 7.40. The van der Waals surface area contributed by atoms with E-state index >= 15 is 0 Å². The van der Waals surface area contributed by atoms with Gasteiger partial charge in [-0.15, -0.1) is 0 Å². The summed E-state index contributed by atoms with van der Waals surface area (Å²) in [4.78, 5) is 4.24. The summed E-state index contributed by atoms with van der Waals surface area (Å²) in [5, 5.41) is 3.90. The Balaban J connectivity index is 2.03. The van der Waals surface area contributed by atoms with Crippen molar-refractivity contribution in [3.63, 3.8) is 0 Å². The lowest BCUT2D eigenvalue weighted by atomic mass is 10.1. The van der Waals surface area contributed by atoms with E-state index in [-0.39, 0.29) is 0 Å². The molecule has 0 saturated carbocycles. The Hall–Kier alpha value is -0.940. The summed E-state index contributed by atoms with van der Waals surface area (Å²) in [5.74, 6) is 1.71. The zero-order valence-corrected chi connectivity index (χ0v) is 7.40. The molecule has 5 nitrogen and oxygen atoms in total. The summed E-state index contributed by atoms with van der Waals surface area (Å²) in [6.45, 7) is 2.05. The van der Waals surface area contributed by atoms with E-state index in [1.165, 1.54) is 0 Å². The quantitative estimate of drug-likeness (QED) is 0.718. The largest absolute Gasteiger partial charge is 0.381 e. The molecule has 1 aromatic rings. The fourth-order valence-electron chi connectivity index (χ4n) is 1.40. The van der Waals surface area contributed by atoms with E-state index in [1.54, 1.807) is 0 Å². The summed E-state index contributed by atoms with van der Waals surface area (Å²) >= 11 is 0. The number of aromatic nitrogens is 2. The van der Waals surface area contributed by atoms with Crippen LogP contribution in [-0.2, 0) is 11.2 Å². The fourth-order valence-corrected chi connectivity index (χ4v) is 1.40. The molecule has 5 heteroatoms. The molecule has 1 unspecified atom stereocenters. The molecule has 0 bridgehead atoms. The molecule has 1 saturated heterocycles. The Labute approximate surface area is 76.3 Å². The van der Waals surface area contributed by atoms with Crippen molar-refractivity contribution in [2.75, 3.05) is 19.8 Å². The first kappa shape index (κ1) is 8.65. The highest BCUT2D eigenvalue weighted by Crippen LogP contribution is 2.22. The van der Waals surface area contributed by atoms with Gasteiger partial charge in [0.15, 0.2) is 5.82 Å². The van der Waals surface area contributed by atoms with Gasteiger partial charge in [0, 0.05) is 25.5 Å². The van der Waals surface area contributed by atoms with Crippen LogP contribution < -0.4 is 5.73 Å². The summed E-state index contributed by atoms with van der Waals surface area (Å²) < 4.78 is 10.3. The molecule has 0 aliphatic carbocycles. The van der Waals surface area contributed by atoms with Gasteiger partial charge in [0.2, 0.25) is 5.89 Å². The fraction of sp³-hybridized carbons (Fsp3) is 0.750. The van der Waals surface area contributed by atoms with Crippen molar-refractivity contribution in [3.05, 3.63) is 11.7 Å². The number of hydrogen-bond donors (Lipinski definition) is 1. The lowest BCUT2D eigenvalue weighted by molar-refractivity contribution is 0.192. The van der Waals surface area contributed by atoms with Crippen LogP contribution in [0.15, 0.2) is 4.52 Å². The minimum Gasteiger partial charge on any atom is -0.381 e. The Kier molecular flexibility index (Phi) is 2.56. The molecule has 2 N–H and O–H groups in total. The third-order valence-electron chi connectivity index (χ3n) is 2.14. The predicted molar refractivity (Wildman–Crippen MR) is 45.2 cm³/mol. The van der Waals surface area contributed by atoms with Gasteiger partial charge in [-0.1, -0.05) is 5.16 Å². The molecule has 2 heterocycles. The number of nitrogens with zero attached hydrogens (tertiary/aromatic N) is 2. The lowest BCUT2D eigenvalue weighted by Gasteiger charge is -1.97. The van der Waals surface area contributed by atoms with Crippen LogP contribution in [0, 0.1) is 0 Å². The smallest absolute Gasteiger partial charge is 0.227 e. The SMILES string of the molecule is NCCc1nc(C2CCOC2)no1. The highest BCUT2D eigenvalue weighted by Gasteiger charge is 2.22. The third kappa shape index (κ3) is 1.87. The van der Waals surface area contributed by atoms with Crippen molar-refractivity contribution < 1.29 is 9.26 Å². The summed E-state index contributed by atoms with van der Waals surface area (Å²) in [7, 11) is 0. The maximum atomic E-state index is 5.37. The molecule has 0 amide bonds. The molecule has 13 heavy (non-hydrogen) atoms. The molecule has 1 fully saturated rings. The molecule has 0 spiro atoms. The van der Waals surface area contributed by atoms with Gasteiger partial charge in [0.1, 0.15) is 0 Å². The highest BCUT2D eigenvalue weighted by molar-refractivity contribution is 4.97. The molecular formula is C8H13N3O2. The number of ether oxygens (including phenoxy) is 1. The average molecular weight is 183 g/mol. The van der Waals surface area contributed by atoms with Crippen molar-refractivity contribution >= 4 is 0 Å². The molecule has 0 radical (unpaired) electrons. The van der Waals surface area contributed by atoms with Crippen molar-refractivity contribution in [1.82, 2.24) is 10.1 Å². The molecule has 0 aromatic carbocycles. The number of nitrogens with two attached hydrogens (primary N) is 1. The van der Waals surface area contributed by atoms with E-state index < -0.39 is 0 Å². The monoisotopic (exact) mass is 183 g/mol. The van der Waals surface area contributed by atoms with Gasteiger partial charge in [-0.3, -0.25) is 0 Å². The molecule has 1 aliphatic rings. The first-order valence-corrected chi connectivity index (χ1v) is 4.50. The number of rotatable bonds is 3.